The molecular formula is C19H17ClF3NO3. The number of alkyl halides is 3. The van der Waals surface area contributed by atoms with Crippen LogP contribution in [0, 0.1) is 0 Å². The van der Waals surface area contributed by atoms with Gasteiger partial charge in [-0.25, -0.2) is 0 Å². The summed E-state index contributed by atoms with van der Waals surface area (Å²) in [5, 5.41) is 1.90. The molecule has 0 saturated carbocycles. The quantitative estimate of drug-likeness (QED) is 0.674. The van der Waals surface area contributed by atoms with Gasteiger partial charge in [-0.3, -0.25) is 9.59 Å². The number of carbonyl (C=O) groups is 2. The maximum Gasteiger partial charge on any atom is 0.418 e. The molecule has 0 aliphatic heterocycles. The van der Waals surface area contributed by atoms with Crippen LogP contribution in [-0.2, 0) is 22.2 Å². The van der Waals surface area contributed by atoms with Gasteiger partial charge in [0, 0.05) is 11.4 Å². The Labute approximate surface area is 159 Å². The molecule has 0 aromatic heterocycles. The Morgan fingerprint density at radius 1 is 1.11 bits per heavy atom. The minimum absolute atomic E-state index is 0.0766. The van der Waals surface area contributed by atoms with Crippen molar-refractivity contribution in [3.8, 4) is 5.75 Å². The molecule has 0 radical (unpaired) electrons. The lowest BCUT2D eigenvalue weighted by Gasteiger charge is -2.13. The fourth-order valence-electron chi connectivity index (χ4n) is 2.41. The Morgan fingerprint density at radius 2 is 1.78 bits per heavy atom. The van der Waals surface area contributed by atoms with Gasteiger partial charge in [-0.1, -0.05) is 23.7 Å². The largest absolute Gasteiger partial charge is 0.497 e. The molecule has 1 amide bonds. The van der Waals surface area contributed by atoms with Crippen LogP contribution in [0.4, 0.5) is 18.9 Å². The third-order valence-corrected chi connectivity index (χ3v) is 4.05. The standard InChI is InChI=1S/C19H17ClF3NO3/c1-27-14-8-5-12(6-9-14)3-2-4-17(25)18(26)24-16-10-7-13(20)11-15(16)19(21,22)23/h5-11H,2-4H2,1H3,(H,24,26). The zero-order chi connectivity index (χ0) is 20.0. The van der Waals surface area contributed by atoms with Gasteiger partial charge in [-0.15, -0.1) is 0 Å². The van der Waals surface area contributed by atoms with Crippen LogP contribution < -0.4 is 10.1 Å². The normalized spacial score (nSPS) is 11.1. The van der Waals surface area contributed by atoms with Crippen molar-refractivity contribution in [2.45, 2.75) is 25.4 Å². The second-order valence-electron chi connectivity index (χ2n) is 5.77. The number of Topliss-reactive ketones (excluding diaryl/α,β-unsaturated/α-hetero) is 1. The summed E-state index contributed by atoms with van der Waals surface area (Å²) in [7, 11) is 1.55. The lowest BCUT2D eigenvalue weighted by atomic mass is 10.1. The summed E-state index contributed by atoms with van der Waals surface area (Å²) in [5.74, 6) is -1.17. The van der Waals surface area contributed by atoms with Gasteiger partial charge in [-0.05, 0) is 48.7 Å². The molecule has 0 unspecified atom stereocenters. The molecule has 0 aliphatic carbocycles. The first-order chi connectivity index (χ1) is 12.7. The Kier molecular flexibility index (Phi) is 6.85. The summed E-state index contributed by atoms with van der Waals surface area (Å²) in [6.07, 6.45) is -3.83. The fraction of sp³-hybridized carbons (Fsp3) is 0.263. The molecule has 2 rings (SSSR count). The lowest BCUT2D eigenvalue weighted by molar-refractivity contribution is -0.137. The molecule has 0 heterocycles. The van der Waals surface area contributed by atoms with Crippen LogP contribution in [0.2, 0.25) is 5.02 Å². The number of amides is 1. The number of ether oxygens (including phenoxy) is 1. The van der Waals surface area contributed by atoms with Crippen molar-refractivity contribution >= 4 is 29.0 Å². The molecule has 0 bridgehead atoms. The van der Waals surface area contributed by atoms with Crippen LogP contribution in [0.25, 0.3) is 0 Å². The maximum atomic E-state index is 13.0. The molecule has 27 heavy (non-hydrogen) atoms. The van der Waals surface area contributed by atoms with Crippen LogP contribution in [0.5, 0.6) is 5.75 Å². The van der Waals surface area contributed by atoms with Gasteiger partial charge in [0.1, 0.15) is 5.75 Å². The zero-order valence-corrected chi connectivity index (χ0v) is 15.2. The van der Waals surface area contributed by atoms with Crippen LogP contribution >= 0.6 is 11.6 Å². The number of hydrogen-bond donors (Lipinski definition) is 1. The van der Waals surface area contributed by atoms with E-state index in [0.717, 1.165) is 11.6 Å². The van der Waals surface area contributed by atoms with Crippen molar-refractivity contribution in [3.05, 3.63) is 58.6 Å². The molecule has 0 saturated heterocycles. The first kappa shape index (κ1) is 20.8. The number of hydrogen-bond acceptors (Lipinski definition) is 3. The van der Waals surface area contributed by atoms with E-state index in [-0.39, 0.29) is 11.4 Å². The molecule has 8 heteroatoms. The molecule has 2 aromatic carbocycles. The second-order valence-corrected chi connectivity index (χ2v) is 6.20. The van der Waals surface area contributed by atoms with E-state index in [4.69, 9.17) is 16.3 Å². The smallest absolute Gasteiger partial charge is 0.418 e. The Morgan fingerprint density at radius 3 is 2.37 bits per heavy atom. The second kappa shape index (κ2) is 8.90. The predicted octanol–water partition coefficient (Wildman–Crippen LogP) is 4.90. The molecule has 0 fully saturated rings. The van der Waals surface area contributed by atoms with Crippen LogP contribution in [-0.4, -0.2) is 18.8 Å². The Hall–Kier alpha value is -2.54. The van der Waals surface area contributed by atoms with Crippen LogP contribution in [0.3, 0.4) is 0 Å². The predicted molar refractivity (Wildman–Crippen MR) is 96.0 cm³/mol. The summed E-state index contributed by atoms with van der Waals surface area (Å²) < 4.78 is 44.1. The highest BCUT2D eigenvalue weighted by Crippen LogP contribution is 2.36. The Bertz CT molecular complexity index is 820. The molecule has 1 N–H and O–H groups in total. The number of nitrogens with one attached hydrogen (secondary N) is 1. The third kappa shape index (κ3) is 5.99. The molecular weight excluding hydrogens is 383 g/mol. The van der Waals surface area contributed by atoms with E-state index in [1.165, 1.54) is 6.07 Å². The maximum absolute atomic E-state index is 13.0. The van der Waals surface area contributed by atoms with Crippen molar-refractivity contribution in [1.29, 1.82) is 0 Å². The summed E-state index contributed by atoms with van der Waals surface area (Å²) >= 11 is 5.58. The number of aryl methyl sites for hydroxylation is 1. The van der Waals surface area contributed by atoms with Crippen molar-refractivity contribution in [1.82, 2.24) is 0 Å². The number of halogens is 4. The van der Waals surface area contributed by atoms with E-state index in [2.05, 4.69) is 0 Å². The SMILES string of the molecule is COc1ccc(CCCC(=O)C(=O)Nc2ccc(Cl)cc2C(F)(F)F)cc1. The van der Waals surface area contributed by atoms with E-state index in [0.29, 0.717) is 24.7 Å². The lowest BCUT2D eigenvalue weighted by Crippen LogP contribution is -2.24. The van der Waals surface area contributed by atoms with Gasteiger partial charge in [-0.2, -0.15) is 13.2 Å². The molecule has 0 spiro atoms. The summed E-state index contributed by atoms with van der Waals surface area (Å²) in [6.45, 7) is 0. The van der Waals surface area contributed by atoms with Gasteiger partial charge in [0.2, 0.25) is 5.78 Å². The van der Waals surface area contributed by atoms with E-state index < -0.39 is 29.1 Å². The van der Waals surface area contributed by atoms with Gasteiger partial charge >= 0.3 is 6.18 Å². The van der Waals surface area contributed by atoms with E-state index in [1.807, 2.05) is 17.4 Å². The number of methoxy groups -OCH3 is 1. The molecule has 0 atom stereocenters. The number of carbonyl (C=O) groups excluding carboxylic acids is 2. The first-order valence-electron chi connectivity index (χ1n) is 8.04. The van der Waals surface area contributed by atoms with Gasteiger partial charge < -0.3 is 10.1 Å². The minimum Gasteiger partial charge on any atom is -0.497 e. The fourth-order valence-corrected chi connectivity index (χ4v) is 2.58. The number of rotatable bonds is 7. The highest BCUT2D eigenvalue weighted by Gasteiger charge is 2.34. The first-order valence-corrected chi connectivity index (χ1v) is 8.42. The van der Waals surface area contributed by atoms with Crippen LogP contribution in [0.1, 0.15) is 24.0 Å². The third-order valence-electron chi connectivity index (χ3n) is 3.82. The zero-order valence-electron chi connectivity index (χ0n) is 14.4. The highest BCUT2D eigenvalue weighted by atomic mass is 35.5. The van der Waals surface area contributed by atoms with E-state index in [1.54, 1.807) is 19.2 Å². The molecule has 144 valence electrons. The average molecular weight is 400 g/mol. The molecule has 0 aliphatic rings. The van der Waals surface area contributed by atoms with E-state index in [9.17, 15) is 22.8 Å². The number of benzene rings is 2. The number of ketones is 1. The van der Waals surface area contributed by atoms with Crippen molar-refractivity contribution in [3.63, 3.8) is 0 Å². The summed E-state index contributed by atoms with van der Waals surface area (Å²) in [4.78, 5) is 23.9. The summed E-state index contributed by atoms with van der Waals surface area (Å²) in [5.41, 5.74) is -0.643. The topological polar surface area (TPSA) is 55.4 Å². The molecule has 4 nitrogen and oxygen atoms in total. The van der Waals surface area contributed by atoms with E-state index >= 15 is 0 Å². The Balaban J connectivity index is 1.93. The highest BCUT2D eigenvalue weighted by molar-refractivity contribution is 6.40. The van der Waals surface area contributed by atoms with Crippen LogP contribution in [0.15, 0.2) is 42.5 Å². The summed E-state index contributed by atoms with van der Waals surface area (Å²) in [6, 6.07) is 10.2. The van der Waals surface area contributed by atoms with Gasteiger partial charge in [0.25, 0.3) is 5.91 Å². The molecule has 2 aromatic rings. The van der Waals surface area contributed by atoms with Gasteiger partial charge in [0.05, 0.1) is 18.4 Å². The number of anilines is 1. The average Bonchev–Trinajstić information content (AvgIpc) is 2.62. The van der Waals surface area contributed by atoms with Crippen molar-refractivity contribution in [2.24, 2.45) is 0 Å². The van der Waals surface area contributed by atoms with Gasteiger partial charge in [0.15, 0.2) is 0 Å². The van der Waals surface area contributed by atoms with Crippen molar-refractivity contribution in [2.75, 3.05) is 12.4 Å². The monoisotopic (exact) mass is 399 g/mol. The minimum atomic E-state index is -4.70. The van der Waals surface area contributed by atoms with Crippen molar-refractivity contribution < 1.29 is 27.5 Å².